The summed E-state index contributed by atoms with van der Waals surface area (Å²) in [4.78, 5) is 7.92. The summed E-state index contributed by atoms with van der Waals surface area (Å²) < 4.78 is 48.1. The molecular formula is C23H27FN4O3S2. The molecule has 33 heavy (non-hydrogen) atoms. The molecule has 1 aromatic heterocycles. The van der Waals surface area contributed by atoms with Crippen LogP contribution < -0.4 is 14.4 Å². The summed E-state index contributed by atoms with van der Waals surface area (Å²) in [6.45, 7) is 4.31. The number of aryl methyl sites for hydroxylation is 1. The van der Waals surface area contributed by atoms with E-state index in [0.717, 1.165) is 37.4 Å². The second kappa shape index (κ2) is 9.66. The van der Waals surface area contributed by atoms with E-state index in [2.05, 4.69) is 20.7 Å². The number of likely N-dealkylation sites (N-methyl/N-ethyl adjacent to an activating group) is 1. The number of benzene rings is 2. The van der Waals surface area contributed by atoms with Crippen molar-refractivity contribution in [2.45, 2.75) is 30.8 Å². The van der Waals surface area contributed by atoms with Crippen LogP contribution in [0.25, 0.3) is 0 Å². The number of thiazole rings is 1. The van der Waals surface area contributed by atoms with E-state index in [0.29, 0.717) is 11.3 Å². The fraction of sp³-hybridized carbons (Fsp3) is 0.348. The molecule has 0 bridgehead atoms. The maximum Gasteiger partial charge on any atom is 0.266 e. The Kier molecular flexibility index (Phi) is 6.87. The van der Waals surface area contributed by atoms with Gasteiger partial charge in [-0.05, 0) is 37.1 Å². The third kappa shape index (κ3) is 5.13. The Morgan fingerprint density at radius 1 is 1.33 bits per heavy atom. The number of para-hydroxylation sites is 1. The average molecular weight is 491 g/mol. The summed E-state index contributed by atoms with van der Waals surface area (Å²) in [6, 6.07) is 10.9. The van der Waals surface area contributed by atoms with Gasteiger partial charge in [0.05, 0.1) is 12.6 Å². The van der Waals surface area contributed by atoms with Gasteiger partial charge in [-0.1, -0.05) is 18.2 Å². The Bertz CT molecular complexity index is 1220. The molecule has 1 fully saturated rings. The number of likely N-dealkylation sites (tertiary alicyclic amines) is 1. The van der Waals surface area contributed by atoms with E-state index >= 15 is 0 Å². The Balaban J connectivity index is 1.48. The van der Waals surface area contributed by atoms with Gasteiger partial charge in [0.2, 0.25) is 0 Å². The van der Waals surface area contributed by atoms with Gasteiger partial charge in [0.15, 0.2) is 5.82 Å². The minimum Gasteiger partial charge on any atom is -0.496 e. The number of sulfonamides is 1. The summed E-state index contributed by atoms with van der Waals surface area (Å²) >= 11 is 1.26. The van der Waals surface area contributed by atoms with Crippen LogP contribution in [0.15, 0.2) is 52.2 Å². The third-order valence-corrected chi connectivity index (χ3v) is 7.93. The smallest absolute Gasteiger partial charge is 0.266 e. The summed E-state index contributed by atoms with van der Waals surface area (Å²) in [6.07, 6.45) is 0.929. The quantitative estimate of drug-likeness (QED) is 0.512. The van der Waals surface area contributed by atoms with Crippen molar-refractivity contribution >= 4 is 32.9 Å². The van der Waals surface area contributed by atoms with Crippen molar-refractivity contribution in [2.75, 3.05) is 36.9 Å². The van der Waals surface area contributed by atoms with E-state index in [-0.39, 0.29) is 16.8 Å². The van der Waals surface area contributed by atoms with Crippen LogP contribution in [0, 0.1) is 12.7 Å². The minimum absolute atomic E-state index is 0.180. The molecule has 1 aliphatic heterocycles. The van der Waals surface area contributed by atoms with Gasteiger partial charge in [0, 0.05) is 49.4 Å². The number of hydrogen-bond donors (Lipinski definition) is 1. The first kappa shape index (κ1) is 23.5. The number of halogens is 1. The van der Waals surface area contributed by atoms with Gasteiger partial charge in [-0.15, -0.1) is 11.3 Å². The summed E-state index contributed by atoms with van der Waals surface area (Å²) in [5.74, 6) is 0.267. The summed E-state index contributed by atoms with van der Waals surface area (Å²) in [7, 11) is -0.462. The lowest BCUT2D eigenvalue weighted by Crippen LogP contribution is -2.35. The minimum atomic E-state index is -4.07. The van der Waals surface area contributed by atoms with Gasteiger partial charge >= 0.3 is 0 Å². The average Bonchev–Trinajstić information content (AvgIpc) is 3.47. The highest BCUT2D eigenvalue weighted by atomic mass is 32.2. The topological polar surface area (TPSA) is 74.8 Å². The van der Waals surface area contributed by atoms with Crippen LogP contribution in [-0.2, 0) is 16.6 Å². The molecule has 2 aromatic carbocycles. The number of hydrogen-bond acceptors (Lipinski definition) is 7. The van der Waals surface area contributed by atoms with Crippen LogP contribution in [0.5, 0.6) is 5.75 Å². The van der Waals surface area contributed by atoms with E-state index < -0.39 is 15.8 Å². The van der Waals surface area contributed by atoms with Crippen molar-refractivity contribution in [3.8, 4) is 5.75 Å². The predicted octanol–water partition coefficient (Wildman–Crippen LogP) is 4.11. The maximum absolute atomic E-state index is 15.0. The molecule has 3 aromatic rings. The molecule has 0 amide bonds. The number of nitrogens with one attached hydrogen (secondary N) is 1. The Morgan fingerprint density at radius 3 is 2.85 bits per heavy atom. The van der Waals surface area contributed by atoms with Crippen LogP contribution >= 0.6 is 11.3 Å². The molecular weight excluding hydrogens is 463 g/mol. The van der Waals surface area contributed by atoms with E-state index in [1.807, 2.05) is 30.1 Å². The molecule has 7 nitrogen and oxygen atoms in total. The van der Waals surface area contributed by atoms with Crippen molar-refractivity contribution in [2.24, 2.45) is 0 Å². The van der Waals surface area contributed by atoms with Crippen LogP contribution in [0.1, 0.15) is 17.5 Å². The Morgan fingerprint density at radius 2 is 2.12 bits per heavy atom. The number of methoxy groups -OCH3 is 1. The van der Waals surface area contributed by atoms with Gasteiger partial charge in [0.1, 0.15) is 16.5 Å². The molecule has 1 saturated heterocycles. The molecule has 10 heteroatoms. The summed E-state index contributed by atoms with van der Waals surface area (Å²) in [5, 5.41) is 1.56. The lowest BCUT2D eigenvalue weighted by Gasteiger charge is -2.29. The van der Waals surface area contributed by atoms with Gasteiger partial charge < -0.3 is 9.64 Å². The SMILES string of the molecule is COc1ccccc1CN1CCC(N(C)c2cc(F)c(S(=O)(=O)Nc3cscn3)cc2C)C1. The molecule has 0 radical (unpaired) electrons. The Labute approximate surface area is 197 Å². The highest BCUT2D eigenvalue weighted by Gasteiger charge is 2.29. The molecule has 4 rings (SSSR count). The lowest BCUT2D eigenvalue weighted by molar-refractivity contribution is 0.316. The van der Waals surface area contributed by atoms with Gasteiger partial charge in [-0.3, -0.25) is 9.62 Å². The molecule has 0 spiro atoms. The number of aromatic nitrogens is 1. The fourth-order valence-corrected chi connectivity index (χ4v) is 5.93. The predicted molar refractivity (Wildman–Crippen MR) is 129 cm³/mol. The highest BCUT2D eigenvalue weighted by Crippen LogP contribution is 2.31. The van der Waals surface area contributed by atoms with Crippen LogP contribution in [0.3, 0.4) is 0 Å². The van der Waals surface area contributed by atoms with Crippen molar-refractivity contribution < 1.29 is 17.5 Å². The van der Waals surface area contributed by atoms with Gasteiger partial charge in [0.25, 0.3) is 10.0 Å². The molecule has 1 aliphatic rings. The molecule has 1 atom stereocenters. The van der Waals surface area contributed by atoms with Crippen molar-refractivity contribution in [3.05, 3.63) is 64.2 Å². The second-order valence-corrected chi connectivity index (χ2v) is 10.5. The third-order valence-electron chi connectivity index (χ3n) is 5.97. The maximum atomic E-state index is 15.0. The zero-order chi connectivity index (χ0) is 23.6. The first-order valence-corrected chi connectivity index (χ1v) is 13.0. The summed E-state index contributed by atoms with van der Waals surface area (Å²) in [5.41, 5.74) is 4.02. The number of rotatable bonds is 8. The molecule has 0 aliphatic carbocycles. The van der Waals surface area contributed by atoms with Crippen molar-refractivity contribution in [3.63, 3.8) is 0 Å². The van der Waals surface area contributed by atoms with E-state index in [1.165, 1.54) is 29.0 Å². The van der Waals surface area contributed by atoms with Crippen LogP contribution in [0.4, 0.5) is 15.9 Å². The normalized spacial score (nSPS) is 16.7. The van der Waals surface area contributed by atoms with Gasteiger partial charge in [-0.25, -0.2) is 17.8 Å². The fourth-order valence-electron chi connectivity index (χ4n) is 4.23. The van der Waals surface area contributed by atoms with Crippen LogP contribution in [-0.4, -0.2) is 51.6 Å². The number of nitrogens with zero attached hydrogens (tertiary/aromatic N) is 3. The largest absolute Gasteiger partial charge is 0.496 e. The van der Waals surface area contributed by atoms with Crippen molar-refractivity contribution in [1.29, 1.82) is 0 Å². The van der Waals surface area contributed by atoms with Crippen molar-refractivity contribution in [1.82, 2.24) is 9.88 Å². The van der Waals surface area contributed by atoms with E-state index in [4.69, 9.17) is 4.74 Å². The molecule has 1 unspecified atom stereocenters. The monoisotopic (exact) mass is 490 g/mol. The van der Waals surface area contributed by atoms with E-state index in [1.54, 1.807) is 19.4 Å². The molecule has 2 heterocycles. The zero-order valence-corrected chi connectivity index (χ0v) is 20.4. The number of anilines is 2. The molecule has 1 N–H and O–H groups in total. The molecule has 0 saturated carbocycles. The lowest BCUT2D eigenvalue weighted by atomic mass is 10.1. The first-order chi connectivity index (χ1) is 15.8. The highest BCUT2D eigenvalue weighted by molar-refractivity contribution is 7.92. The number of ether oxygens (including phenoxy) is 1. The zero-order valence-electron chi connectivity index (χ0n) is 18.8. The Hall–Kier alpha value is -2.69. The van der Waals surface area contributed by atoms with E-state index in [9.17, 15) is 12.8 Å². The second-order valence-electron chi connectivity index (χ2n) is 8.15. The standard InChI is InChI=1S/C23H27FN4O3S2/c1-16-10-22(33(29,30)26-23-14-32-15-25-23)19(24)11-20(16)27(2)18-8-9-28(13-18)12-17-6-4-5-7-21(17)31-3/h4-7,10-11,14-15,18,26H,8-9,12-13H2,1-3H3. The molecule has 176 valence electrons. The van der Waals surface area contributed by atoms with Gasteiger partial charge in [-0.2, -0.15) is 0 Å². The van der Waals surface area contributed by atoms with Crippen LogP contribution in [0.2, 0.25) is 0 Å². The first-order valence-electron chi connectivity index (χ1n) is 10.6.